The Labute approximate surface area is 118 Å². The van der Waals surface area contributed by atoms with Crippen LogP contribution in [-0.4, -0.2) is 30.6 Å². The van der Waals surface area contributed by atoms with Crippen LogP contribution in [0.5, 0.6) is 0 Å². The van der Waals surface area contributed by atoms with Gasteiger partial charge < -0.3 is 5.32 Å². The van der Waals surface area contributed by atoms with Gasteiger partial charge in [-0.3, -0.25) is 4.90 Å². The van der Waals surface area contributed by atoms with Gasteiger partial charge >= 0.3 is 0 Å². The molecule has 1 N–H and O–H groups in total. The van der Waals surface area contributed by atoms with Crippen molar-refractivity contribution in [3.8, 4) is 0 Å². The van der Waals surface area contributed by atoms with Crippen LogP contribution in [0.1, 0.15) is 45.2 Å². The molecule has 1 aromatic carbocycles. The van der Waals surface area contributed by atoms with Crippen molar-refractivity contribution in [2.75, 3.05) is 19.6 Å². The Bertz CT molecular complexity index is 355. The van der Waals surface area contributed by atoms with Crippen molar-refractivity contribution in [2.24, 2.45) is 5.92 Å². The highest BCUT2D eigenvalue weighted by atomic mass is 15.2. The van der Waals surface area contributed by atoms with Gasteiger partial charge in [-0.05, 0) is 37.4 Å². The lowest BCUT2D eigenvalue weighted by molar-refractivity contribution is 0.0904. The van der Waals surface area contributed by atoms with E-state index in [1.165, 1.54) is 24.9 Å². The molecule has 0 aromatic heterocycles. The molecular weight excluding hydrogens is 232 g/mol. The molecule has 1 fully saturated rings. The topological polar surface area (TPSA) is 15.3 Å². The first kappa shape index (κ1) is 14.5. The van der Waals surface area contributed by atoms with Crippen LogP contribution in [-0.2, 0) is 0 Å². The molecule has 1 aromatic rings. The molecule has 2 rings (SSSR count). The van der Waals surface area contributed by atoms with Crippen LogP contribution >= 0.6 is 0 Å². The molecule has 106 valence electrons. The smallest absolute Gasteiger partial charge is 0.0374 e. The van der Waals surface area contributed by atoms with Crippen LogP contribution in [0.2, 0.25) is 0 Å². The van der Waals surface area contributed by atoms with E-state index in [0.717, 1.165) is 13.1 Å². The molecule has 2 atom stereocenters. The van der Waals surface area contributed by atoms with Crippen LogP contribution in [0.4, 0.5) is 0 Å². The van der Waals surface area contributed by atoms with Gasteiger partial charge in [0.25, 0.3) is 0 Å². The Kier molecular flexibility index (Phi) is 5.41. The van der Waals surface area contributed by atoms with Crippen LogP contribution < -0.4 is 5.32 Å². The van der Waals surface area contributed by atoms with Gasteiger partial charge in [-0.2, -0.15) is 0 Å². The summed E-state index contributed by atoms with van der Waals surface area (Å²) >= 11 is 0. The first-order chi connectivity index (χ1) is 9.24. The molecule has 1 aliphatic heterocycles. The van der Waals surface area contributed by atoms with Gasteiger partial charge in [0.2, 0.25) is 0 Å². The second-order valence-electron chi connectivity index (χ2n) is 5.93. The highest BCUT2D eigenvalue weighted by molar-refractivity contribution is 5.20. The number of nitrogens with one attached hydrogen (secondary N) is 1. The average molecular weight is 260 g/mol. The fraction of sp³-hybridized carbons (Fsp3) is 0.647. The van der Waals surface area contributed by atoms with Crippen molar-refractivity contribution < 1.29 is 0 Å². The first-order valence-corrected chi connectivity index (χ1v) is 7.75. The largest absolute Gasteiger partial charge is 0.315 e. The van der Waals surface area contributed by atoms with E-state index in [-0.39, 0.29) is 0 Å². The summed E-state index contributed by atoms with van der Waals surface area (Å²) < 4.78 is 0. The first-order valence-electron chi connectivity index (χ1n) is 7.75. The van der Waals surface area contributed by atoms with Crippen molar-refractivity contribution in [3.05, 3.63) is 35.9 Å². The third-order valence-corrected chi connectivity index (χ3v) is 4.23. The van der Waals surface area contributed by atoms with Crippen LogP contribution in [0.25, 0.3) is 0 Å². The molecule has 1 saturated heterocycles. The molecule has 2 unspecified atom stereocenters. The Balaban J connectivity index is 2.20. The van der Waals surface area contributed by atoms with E-state index in [4.69, 9.17) is 0 Å². The molecule has 0 saturated carbocycles. The standard InChI is InChI=1S/C17H28N2/c1-4-19(16-11-8-12-18-13-16)17(14(2)3)15-9-6-5-7-10-15/h5-7,9-10,14,16-18H,4,8,11-13H2,1-3H3. The van der Waals surface area contributed by atoms with E-state index in [9.17, 15) is 0 Å². The highest BCUT2D eigenvalue weighted by Crippen LogP contribution is 2.31. The molecule has 1 heterocycles. The van der Waals surface area contributed by atoms with E-state index < -0.39 is 0 Å². The second kappa shape index (κ2) is 7.06. The monoisotopic (exact) mass is 260 g/mol. The van der Waals surface area contributed by atoms with Gasteiger partial charge in [0, 0.05) is 18.6 Å². The lowest BCUT2D eigenvalue weighted by Crippen LogP contribution is -2.48. The summed E-state index contributed by atoms with van der Waals surface area (Å²) in [6, 6.07) is 12.2. The third-order valence-electron chi connectivity index (χ3n) is 4.23. The second-order valence-corrected chi connectivity index (χ2v) is 5.93. The summed E-state index contributed by atoms with van der Waals surface area (Å²) in [5.74, 6) is 0.643. The number of hydrogen-bond donors (Lipinski definition) is 1. The molecule has 1 aliphatic rings. The van der Waals surface area contributed by atoms with Crippen molar-refractivity contribution in [2.45, 2.75) is 45.7 Å². The van der Waals surface area contributed by atoms with Gasteiger partial charge in [0.15, 0.2) is 0 Å². The van der Waals surface area contributed by atoms with Crippen LogP contribution in [0.3, 0.4) is 0 Å². The predicted octanol–water partition coefficient (Wildman–Crippen LogP) is 3.46. The summed E-state index contributed by atoms with van der Waals surface area (Å²) in [4.78, 5) is 2.70. The minimum Gasteiger partial charge on any atom is -0.315 e. The maximum Gasteiger partial charge on any atom is 0.0374 e. The van der Waals surface area contributed by atoms with E-state index in [1.807, 2.05) is 0 Å². The van der Waals surface area contributed by atoms with Gasteiger partial charge in [0.1, 0.15) is 0 Å². The lowest BCUT2D eigenvalue weighted by Gasteiger charge is -2.41. The lowest BCUT2D eigenvalue weighted by atomic mass is 9.91. The molecule has 0 radical (unpaired) electrons. The molecule has 2 heteroatoms. The predicted molar refractivity (Wildman–Crippen MR) is 82.3 cm³/mol. The number of piperidine rings is 1. The fourth-order valence-corrected chi connectivity index (χ4v) is 3.41. The zero-order valence-electron chi connectivity index (χ0n) is 12.6. The van der Waals surface area contributed by atoms with Gasteiger partial charge in [0.05, 0.1) is 0 Å². The van der Waals surface area contributed by atoms with Gasteiger partial charge in [-0.25, -0.2) is 0 Å². The van der Waals surface area contributed by atoms with Gasteiger partial charge in [-0.1, -0.05) is 51.1 Å². The SMILES string of the molecule is CCN(C1CCCNC1)C(c1ccccc1)C(C)C. The Morgan fingerprint density at radius 3 is 2.53 bits per heavy atom. The van der Waals surface area contributed by atoms with Crippen molar-refractivity contribution in [1.29, 1.82) is 0 Å². The Hall–Kier alpha value is -0.860. The number of rotatable bonds is 5. The van der Waals surface area contributed by atoms with E-state index in [0.29, 0.717) is 18.0 Å². The minimum absolute atomic E-state index is 0.538. The zero-order valence-corrected chi connectivity index (χ0v) is 12.6. The Morgan fingerprint density at radius 2 is 2.00 bits per heavy atom. The number of benzene rings is 1. The van der Waals surface area contributed by atoms with Crippen LogP contribution in [0, 0.1) is 5.92 Å². The number of likely N-dealkylation sites (N-methyl/N-ethyl adjacent to an activating group) is 1. The molecular formula is C17H28N2. The van der Waals surface area contributed by atoms with E-state index >= 15 is 0 Å². The van der Waals surface area contributed by atoms with Gasteiger partial charge in [-0.15, -0.1) is 0 Å². The number of hydrogen-bond acceptors (Lipinski definition) is 2. The summed E-state index contributed by atoms with van der Waals surface area (Å²) in [6.45, 7) is 10.4. The average Bonchev–Trinajstić information content (AvgIpc) is 2.46. The molecule has 2 nitrogen and oxygen atoms in total. The quantitative estimate of drug-likeness (QED) is 0.872. The maximum absolute atomic E-state index is 3.55. The fourth-order valence-electron chi connectivity index (χ4n) is 3.41. The summed E-state index contributed by atoms with van der Waals surface area (Å²) in [7, 11) is 0. The molecule has 19 heavy (non-hydrogen) atoms. The van der Waals surface area contributed by atoms with E-state index in [1.54, 1.807) is 0 Å². The highest BCUT2D eigenvalue weighted by Gasteiger charge is 2.29. The normalized spacial score (nSPS) is 21.8. The summed E-state index contributed by atoms with van der Waals surface area (Å²) in [5, 5.41) is 3.55. The third kappa shape index (κ3) is 3.58. The maximum atomic E-state index is 3.55. The van der Waals surface area contributed by atoms with Crippen LogP contribution in [0.15, 0.2) is 30.3 Å². The minimum atomic E-state index is 0.538. The summed E-state index contributed by atoms with van der Waals surface area (Å²) in [5.41, 5.74) is 1.46. The van der Waals surface area contributed by atoms with Crippen molar-refractivity contribution in [1.82, 2.24) is 10.2 Å². The van der Waals surface area contributed by atoms with E-state index in [2.05, 4.69) is 61.3 Å². The van der Waals surface area contributed by atoms with Crippen molar-refractivity contribution >= 4 is 0 Å². The Morgan fingerprint density at radius 1 is 1.26 bits per heavy atom. The molecule has 0 aliphatic carbocycles. The van der Waals surface area contributed by atoms with Crippen molar-refractivity contribution in [3.63, 3.8) is 0 Å². The number of nitrogens with zero attached hydrogens (tertiary/aromatic N) is 1. The molecule has 0 spiro atoms. The molecule has 0 amide bonds. The zero-order chi connectivity index (χ0) is 13.7. The summed E-state index contributed by atoms with van der Waals surface area (Å²) in [6.07, 6.45) is 2.64. The molecule has 0 bridgehead atoms.